The van der Waals surface area contributed by atoms with Gasteiger partial charge in [0.05, 0.1) is 6.61 Å². The summed E-state index contributed by atoms with van der Waals surface area (Å²) < 4.78 is 4.82. The van der Waals surface area contributed by atoms with Gasteiger partial charge in [0.2, 0.25) is 0 Å². The van der Waals surface area contributed by atoms with Crippen molar-refractivity contribution in [2.24, 2.45) is 0 Å². The minimum absolute atomic E-state index is 0.303. The van der Waals surface area contributed by atoms with Gasteiger partial charge in [-0.3, -0.25) is 4.79 Å². The van der Waals surface area contributed by atoms with Gasteiger partial charge in [-0.05, 0) is 18.4 Å². The Hall–Kier alpha value is -0.630. The first-order chi connectivity index (χ1) is 4.84. The Morgan fingerprint density at radius 2 is 2.40 bits per heavy atom. The minimum Gasteiger partial charge on any atom is -0.381 e. The number of hydrogen-bond acceptors (Lipinski definition) is 2. The molecule has 0 amide bonds. The number of carbonyl (C=O) groups is 1. The maximum Gasteiger partial charge on any atom is 0.158 e. The number of hydrogen-bond donors (Lipinski definition) is 0. The molecule has 1 rings (SSSR count). The molecule has 0 aliphatic heterocycles. The van der Waals surface area contributed by atoms with E-state index in [1.165, 1.54) is 0 Å². The van der Waals surface area contributed by atoms with Crippen LogP contribution < -0.4 is 0 Å². The number of rotatable bonds is 2. The third kappa shape index (κ3) is 1.67. The second-order valence-electron chi connectivity index (χ2n) is 2.46. The number of Topliss-reactive ketones (excluding diaryl/α,β-unsaturated/α-hetero) is 1. The monoisotopic (exact) mass is 140 g/mol. The summed E-state index contributed by atoms with van der Waals surface area (Å²) in [5.74, 6) is 0.303. The van der Waals surface area contributed by atoms with E-state index in [0.29, 0.717) is 12.4 Å². The van der Waals surface area contributed by atoms with Gasteiger partial charge in [-0.15, -0.1) is 0 Å². The molecular formula is C8H12O2. The molecule has 56 valence electrons. The molecule has 0 radical (unpaired) electrons. The number of ketones is 1. The van der Waals surface area contributed by atoms with Crippen molar-refractivity contribution >= 4 is 5.78 Å². The fraction of sp³-hybridized carbons (Fsp3) is 0.625. The Balaban J connectivity index is 2.46. The molecule has 0 heterocycles. The van der Waals surface area contributed by atoms with Crippen molar-refractivity contribution in [2.45, 2.75) is 19.3 Å². The third-order valence-electron chi connectivity index (χ3n) is 1.70. The molecule has 0 aromatic carbocycles. The average Bonchev–Trinajstić information content (AvgIpc) is 2.31. The number of methoxy groups -OCH3 is 1. The van der Waals surface area contributed by atoms with Crippen molar-refractivity contribution in [2.75, 3.05) is 13.7 Å². The summed E-state index contributed by atoms with van der Waals surface area (Å²) in [6.07, 6.45) is 4.58. The zero-order valence-corrected chi connectivity index (χ0v) is 6.22. The third-order valence-corrected chi connectivity index (χ3v) is 1.70. The van der Waals surface area contributed by atoms with E-state index in [0.717, 1.165) is 24.8 Å². The summed E-state index contributed by atoms with van der Waals surface area (Å²) in [6, 6.07) is 0. The van der Waals surface area contributed by atoms with E-state index in [2.05, 4.69) is 0 Å². The molecule has 0 aromatic heterocycles. The van der Waals surface area contributed by atoms with Crippen LogP contribution in [0.2, 0.25) is 0 Å². The topological polar surface area (TPSA) is 26.3 Å². The van der Waals surface area contributed by atoms with Crippen molar-refractivity contribution in [1.82, 2.24) is 0 Å². The maximum atomic E-state index is 11.0. The van der Waals surface area contributed by atoms with Gasteiger partial charge >= 0.3 is 0 Å². The maximum absolute atomic E-state index is 11.0. The summed E-state index contributed by atoms with van der Waals surface area (Å²) in [6.45, 7) is 0.571. The van der Waals surface area contributed by atoms with Gasteiger partial charge in [0, 0.05) is 13.5 Å². The largest absolute Gasteiger partial charge is 0.381 e. The zero-order chi connectivity index (χ0) is 7.40. The molecule has 2 nitrogen and oxygen atoms in total. The van der Waals surface area contributed by atoms with Crippen molar-refractivity contribution < 1.29 is 9.53 Å². The zero-order valence-electron chi connectivity index (χ0n) is 6.22. The molecule has 1 fully saturated rings. The fourth-order valence-corrected chi connectivity index (χ4v) is 1.14. The second-order valence-corrected chi connectivity index (χ2v) is 2.46. The molecule has 1 aliphatic carbocycles. The van der Waals surface area contributed by atoms with Crippen LogP contribution in [0.3, 0.4) is 0 Å². The normalized spacial score (nSPS) is 22.5. The van der Waals surface area contributed by atoms with E-state index in [-0.39, 0.29) is 0 Å². The highest BCUT2D eigenvalue weighted by molar-refractivity contribution is 5.97. The molecular weight excluding hydrogens is 128 g/mol. The molecule has 0 unspecified atom stereocenters. The first-order valence-corrected chi connectivity index (χ1v) is 3.56. The van der Waals surface area contributed by atoms with Crippen LogP contribution in [0.4, 0.5) is 0 Å². The molecule has 0 N–H and O–H groups in total. The summed E-state index contributed by atoms with van der Waals surface area (Å²) in [7, 11) is 1.64. The van der Waals surface area contributed by atoms with E-state index < -0.39 is 0 Å². The SMILES string of the molecule is COC/C=C1\CCCC1=O. The number of carbonyl (C=O) groups excluding carboxylic acids is 1. The van der Waals surface area contributed by atoms with E-state index >= 15 is 0 Å². The fourth-order valence-electron chi connectivity index (χ4n) is 1.14. The van der Waals surface area contributed by atoms with E-state index in [9.17, 15) is 4.79 Å². The van der Waals surface area contributed by atoms with Crippen LogP contribution in [0.15, 0.2) is 11.6 Å². The van der Waals surface area contributed by atoms with Crippen LogP contribution in [-0.2, 0) is 9.53 Å². The average molecular weight is 140 g/mol. The molecule has 0 aromatic rings. The quantitative estimate of drug-likeness (QED) is 0.540. The van der Waals surface area contributed by atoms with Crippen LogP contribution >= 0.6 is 0 Å². The smallest absolute Gasteiger partial charge is 0.158 e. The number of ether oxygens (including phenoxy) is 1. The summed E-state index contributed by atoms with van der Waals surface area (Å²) in [5.41, 5.74) is 0.960. The Morgan fingerprint density at radius 1 is 1.60 bits per heavy atom. The van der Waals surface area contributed by atoms with Crippen molar-refractivity contribution in [1.29, 1.82) is 0 Å². The summed E-state index contributed by atoms with van der Waals surface area (Å²) in [5, 5.41) is 0. The van der Waals surface area contributed by atoms with Crippen LogP contribution in [-0.4, -0.2) is 19.5 Å². The van der Waals surface area contributed by atoms with Gasteiger partial charge in [-0.2, -0.15) is 0 Å². The van der Waals surface area contributed by atoms with Gasteiger partial charge in [0.15, 0.2) is 5.78 Å². The minimum atomic E-state index is 0.303. The van der Waals surface area contributed by atoms with Gasteiger partial charge in [0.1, 0.15) is 0 Å². The lowest BCUT2D eigenvalue weighted by Crippen LogP contribution is -1.93. The standard InChI is InChI=1S/C8H12O2/c1-10-6-5-7-3-2-4-8(7)9/h5H,2-4,6H2,1H3/b7-5+. The molecule has 1 saturated carbocycles. The highest BCUT2D eigenvalue weighted by Crippen LogP contribution is 2.19. The molecule has 0 atom stereocenters. The molecule has 0 spiro atoms. The van der Waals surface area contributed by atoms with Gasteiger partial charge < -0.3 is 4.74 Å². The van der Waals surface area contributed by atoms with Gasteiger partial charge in [-0.25, -0.2) is 0 Å². The van der Waals surface area contributed by atoms with E-state index in [1.807, 2.05) is 6.08 Å². The second kappa shape index (κ2) is 3.52. The van der Waals surface area contributed by atoms with E-state index in [1.54, 1.807) is 7.11 Å². The lowest BCUT2D eigenvalue weighted by atomic mass is 10.2. The van der Waals surface area contributed by atoms with Crippen LogP contribution in [0.1, 0.15) is 19.3 Å². The highest BCUT2D eigenvalue weighted by atomic mass is 16.5. The Labute approximate surface area is 60.9 Å². The van der Waals surface area contributed by atoms with Crippen LogP contribution in [0.25, 0.3) is 0 Å². The van der Waals surface area contributed by atoms with Gasteiger partial charge in [-0.1, -0.05) is 6.08 Å². The predicted molar refractivity (Wildman–Crippen MR) is 38.8 cm³/mol. The first-order valence-electron chi connectivity index (χ1n) is 3.56. The van der Waals surface area contributed by atoms with Crippen molar-refractivity contribution in [3.63, 3.8) is 0 Å². The lowest BCUT2D eigenvalue weighted by Gasteiger charge is -1.92. The molecule has 1 aliphatic rings. The molecule has 0 saturated heterocycles. The van der Waals surface area contributed by atoms with E-state index in [4.69, 9.17) is 4.74 Å². The predicted octanol–water partition coefficient (Wildman–Crippen LogP) is 1.31. The lowest BCUT2D eigenvalue weighted by molar-refractivity contribution is -0.114. The van der Waals surface area contributed by atoms with Crippen molar-refractivity contribution in [3.8, 4) is 0 Å². The van der Waals surface area contributed by atoms with Gasteiger partial charge in [0.25, 0.3) is 0 Å². The highest BCUT2D eigenvalue weighted by Gasteiger charge is 2.15. The Kier molecular flexibility index (Phi) is 2.63. The summed E-state index contributed by atoms with van der Waals surface area (Å²) in [4.78, 5) is 11.0. The Bertz CT molecular complexity index is 159. The summed E-state index contributed by atoms with van der Waals surface area (Å²) >= 11 is 0. The molecule has 10 heavy (non-hydrogen) atoms. The number of allylic oxidation sites excluding steroid dienone is 1. The first kappa shape index (κ1) is 7.48. The van der Waals surface area contributed by atoms with Crippen molar-refractivity contribution in [3.05, 3.63) is 11.6 Å². The van der Waals surface area contributed by atoms with Crippen LogP contribution in [0, 0.1) is 0 Å². The molecule has 0 bridgehead atoms. The molecule has 2 heteroatoms. The van der Waals surface area contributed by atoms with Crippen LogP contribution in [0.5, 0.6) is 0 Å². The Morgan fingerprint density at radius 3 is 2.90 bits per heavy atom.